The fourth-order valence-electron chi connectivity index (χ4n) is 2.97. The topological polar surface area (TPSA) is 100 Å². The summed E-state index contributed by atoms with van der Waals surface area (Å²) in [4.78, 5) is 11.5. The summed E-state index contributed by atoms with van der Waals surface area (Å²) in [6.45, 7) is 24.3. The Kier molecular flexibility index (Phi) is 9.59. The van der Waals surface area contributed by atoms with Gasteiger partial charge in [0, 0.05) is 11.4 Å². The van der Waals surface area contributed by atoms with Crippen molar-refractivity contribution in [3.63, 3.8) is 0 Å². The molecular formula is C22H46BNO6SSi. The van der Waals surface area contributed by atoms with Crippen LogP contribution in [0.5, 0.6) is 0 Å². The summed E-state index contributed by atoms with van der Waals surface area (Å²) in [5.41, 5.74) is -1.03. The Bertz CT molecular complexity index is 631. The lowest BCUT2D eigenvalue weighted by atomic mass is 9.76. The second-order valence-electron chi connectivity index (χ2n) is 12.4. The highest BCUT2D eigenvalue weighted by Crippen LogP contribution is 2.40. The first-order valence-corrected chi connectivity index (χ1v) is 15.6. The van der Waals surface area contributed by atoms with Crippen LogP contribution in [-0.2, 0) is 29.9 Å². The summed E-state index contributed by atoms with van der Waals surface area (Å²) in [7, 11) is -2.75. The van der Waals surface area contributed by atoms with Crippen molar-refractivity contribution in [1.82, 2.24) is 4.72 Å². The maximum Gasteiger partial charge on any atom is 0.480 e. The zero-order valence-electron chi connectivity index (χ0n) is 22.3. The van der Waals surface area contributed by atoms with Gasteiger partial charge in [-0.25, -0.2) is 0 Å². The van der Waals surface area contributed by atoms with Crippen molar-refractivity contribution in [3.8, 4) is 0 Å². The minimum Gasteiger partial charge on any atom is -0.598 e. The molecule has 0 aromatic heterocycles. The molecule has 32 heavy (non-hydrogen) atoms. The molecule has 0 aromatic rings. The minimum atomic E-state index is -2.15. The third-order valence-electron chi connectivity index (χ3n) is 6.88. The van der Waals surface area contributed by atoms with Gasteiger partial charge in [-0.1, -0.05) is 20.8 Å². The monoisotopic (exact) mass is 491 g/mol. The summed E-state index contributed by atoms with van der Waals surface area (Å²) in [6, 6.07) is 0. The van der Waals surface area contributed by atoms with Crippen molar-refractivity contribution in [2.24, 2.45) is 0 Å². The zero-order chi connectivity index (χ0) is 25.3. The van der Waals surface area contributed by atoms with Gasteiger partial charge in [0.05, 0.1) is 29.7 Å². The highest BCUT2D eigenvalue weighted by atomic mass is 32.2. The number of carbonyl (C=O) groups is 1. The van der Waals surface area contributed by atoms with Crippen LogP contribution in [0.25, 0.3) is 0 Å². The average molecular weight is 492 g/mol. The predicted molar refractivity (Wildman–Crippen MR) is 134 cm³/mol. The lowest BCUT2D eigenvalue weighted by Gasteiger charge is -2.39. The average Bonchev–Trinajstić information content (AvgIpc) is 2.75. The minimum absolute atomic E-state index is 0.0269. The van der Waals surface area contributed by atoms with Crippen LogP contribution < -0.4 is 4.72 Å². The van der Waals surface area contributed by atoms with Crippen LogP contribution in [0.1, 0.15) is 88.5 Å². The van der Waals surface area contributed by atoms with Crippen LogP contribution in [0.15, 0.2) is 0 Å². The molecule has 3 atom stereocenters. The number of carboxylic acid groups (broad SMARTS) is 1. The fraction of sp³-hybridized carbons (Fsp3) is 0.955. The van der Waals surface area contributed by atoms with Gasteiger partial charge in [-0.05, 0) is 79.4 Å². The second kappa shape index (κ2) is 10.3. The van der Waals surface area contributed by atoms with Gasteiger partial charge in [0.15, 0.2) is 8.32 Å². The molecule has 0 saturated carbocycles. The van der Waals surface area contributed by atoms with E-state index in [2.05, 4.69) is 38.6 Å². The molecule has 0 aliphatic carbocycles. The maximum absolute atomic E-state index is 12.9. The molecule has 188 valence electrons. The normalized spacial score (nSPS) is 22.0. The molecule has 7 nitrogen and oxygen atoms in total. The Hall–Kier alpha value is -0.0982. The summed E-state index contributed by atoms with van der Waals surface area (Å²) in [5, 5.41) is 9.44. The molecule has 10 heteroatoms. The van der Waals surface area contributed by atoms with Crippen LogP contribution in [0.2, 0.25) is 18.1 Å². The van der Waals surface area contributed by atoms with Crippen molar-refractivity contribution < 1.29 is 28.2 Å². The summed E-state index contributed by atoms with van der Waals surface area (Å²) < 4.78 is 34.6. The van der Waals surface area contributed by atoms with Gasteiger partial charge >= 0.3 is 13.1 Å². The van der Waals surface area contributed by atoms with Crippen LogP contribution in [0, 0.1) is 0 Å². The number of carboxylic acids is 1. The molecule has 1 rings (SSSR count). The quantitative estimate of drug-likeness (QED) is 0.338. The van der Waals surface area contributed by atoms with E-state index < -0.39 is 54.8 Å². The summed E-state index contributed by atoms with van der Waals surface area (Å²) in [6.07, 6.45) is 0.529. The van der Waals surface area contributed by atoms with E-state index in [0.29, 0.717) is 12.8 Å². The molecule has 0 amide bonds. The van der Waals surface area contributed by atoms with Crippen LogP contribution in [0.4, 0.5) is 0 Å². The van der Waals surface area contributed by atoms with E-state index in [4.69, 9.17) is 13.7 Å². The molecular weight excluding hydrogens is 445 g/mol. The third kappa shape index (κ3) is 7.99. The first-order chi connectivity index (χ1) is 14.1. The Balaban J connectivity index is 3.07. The molecule has 0 bridgehead atoms. The number of hydrogen-bond acceptors (Lipinski definition) is 6. The Labute approximate surface area is 200 Å². The number of nitrogens with one attached hydrogen (secondary N) is 1. The van der Waals surface area contributed by atoms with Crippen molar-refractivity contribution in [2.45, 2.75) is 135 Å². The predicted octanol–water partition coefficient (Wildman–Crippen LogP) is 4.68. The fourth-order valence-corrected chi connectivity index (χ4v) is 5.22. The Morgan fingerprint density at radius 1 is 1.09 bits per heavy atom. The highest BCUT2D eigenvalue weighted by Gasteiger charge is 2.55. The number of hydrogen-bond donors (Lipinski definition) is 2. The van der Waals surface area contributed by atoms with Gasteiger partial charge < -0.3 is 23.4 Å². The largest absolute Gasteiger partial charge is 0.598 e. The molecule has 2 N–H and O–H groups in total. The Morgan fingerprint density at radius 3 is 1.94 bits per heavy atom. The first-order valence-electron chi connectivity index (χ1n) is 11.5. The summed E-state index contributed by atoms with van der Waals surface area (Å²) in [5.74, 6) is -1.25. The zero-order valence-corrected chi connectivity index (χ0v) is 24.1. The van der Waals surface area contributed by atoms with E-state index in [1.807, 2.05) is 48.5 Å². The molecule has 1 aliphatic heterocycles. The lowest BCUT2D eigenvalue weighted by molar-refractivity contribution is -0.139. The van der Waals surface area contributed by atoms with Crippen molar-refractivity contribution in [1.29, 1.82) is 0 Å². The maximum atomic E-state index is 12.9. The Morgan fingerprint density at radius 2 is 1.56 bits per heavy atom. The molecule has 1 fully saturated rings. The molecule has 1 aliphatic rings. The van der Waals surface area contributed by atoms with Crippen molar-refractivity contribution >= 4 is 32.8 Å². The van der Waals surface area contributed by atoms with E-state index in [0.717, 1.165) is 0 Å². The van der Waals surface area contributed by atoms with E-state index in [9.17, 15) is 14.5 Å². The number of aliphatic carboxylic acids is 1. The van der Waals surface area contributed by atoms with Crippen molar-refractivity contribution in [2.75, 3.05) is 0 Å². The molecule has 0 aromatic carbocycles. The molecule has 1 saturated heterocycles. The number of rotatable bonds is 10. The third-order valence-corrected chi connectivity index (χ3v) is 13.0. The van der Waals surface area contributed by atoms with E-state index in [-0.39, 0.29) is 17.4 Å². The highest BCUT2D eigenvalue weighted by molar-refractivity contribution is 7.90. The van der Waals surface area contributed by atoms with E-state index in [1.54, 1.807) is 0 Å². The molecule has 0 spiro atoms. The SMILES string of the molecule is CC(C)(C)[S@@+]([O-])N[C@@H](CC[C@@H](CC(=O)O)O[Si](C)(C)C(C)(C)C)B1OC(C)(C)C(C)(C)O1. The van der Waals surface area contributed by atoms with Crippen LogP contribution >= 0.6 is 0 Å². The van der Waals surface area contributed by atoms with Crippen molar-refractivity contribution in [3.05, 3.63) is 0 Å². The smallest absolute Gasteiger partial charge is 0.480 e. The van der Waals surface area contributed by atoms with E-state index in [1.165, 1.54) is 0 Å². The van der Waals surface area contributed by atoms with Gasteiger partial charge in [-0.3, -0.25) is 4.79 Å². The van der Waals surface area contributed by atoms with Gasteiger partial charge in [0.1, 0.15) is 4.75 Å². The lowest BCUT2D eigenvalue weighted by Crippen LogP contribution is -2.53. The summed E-state index contributed by atoms with van der Waals surface area (Å²) >= 11 is -1.33. The molecule has 1 heterocycles. The van der Waals surface area contributed by atoms with E-state index >= 15 is 0 Å². The van der Waals surface area contributed by atoms with Gasteiger partial charge in [-0.2, -0.15) is 0 Å². The van der Waals surface area contributed by atoms with Crippen LogP contribution in [0.3, 0.4) is 0 Å². The molecule has 0 unspecified atom stereocenters. The van der Waals surface area contributed by atoms with Gasteiger partial charge in [-0.15, -0.1) is 4.72 Å². The van der Waals surface area contributed by atoms with Gasteiger partial charge in [0.25, 0.3) is 0 Å². The van der Waals surface area contributed by atoms with Crippen LogP contribution in [-0.4, -0.2) is 59.1 Å². The second-order valence-corrected chi connectivity index (χ2v) is 19.2. The van der Waals surface area contributed by atoms with Gasteiger partial charge in [0.2, 0.25) is 0 Å². The standard InChI is InChI=1S/C22H46BNO6SSi/c1-19(2,3)31(27)24-17(23-29-21(7,8)22(9,10)30-23)14-13-16(15-18(25)26)28-32(11,12)20(4,5)6/h16-17,24H,13-15H2,1-12H3,(H,25,26)/t16-,17-,31+/m0/s1. The molecule has 0 radical (unpaired) electrons. The first kappa shape index (κ1) is 29.9.